The Bertz CT molecular complexity index is 3420. The first-order valence-corrected chi connectivity index (χ1v) is 18.3. The topological polar surface area (TPSA) is 43.9 Å². The SMILES string of the molecule is c1ccc2cc(-c3nc(-c4ccc(-n5c6ccc7ccccc7c6c6c7ccccc7ccc65)c5ccccc45)nc4oc5ccccc5c34)ccc2c1. The first kappa shape index (κ1) is 29.3. The van der Waals surface area contributed by atoms with Crippen molar-refractivity contribution in [3.63, 3.8) is 0 Å². The Labute approximate surface area is 309 Å². The molecule has 12 rings (SSSR count). The molecule has 0 amide bonds. The number of benzene rings is 9. The smallest absolute Gasteiger partial charge is 0.231 e. The number of fused-ring (bicyclic) bond motifs is 12. The highest BCUT2D eigenvalue weighted by atomic mass is 16.3. The third-order valence-corrected chi connectivity index (χ3v) is 11.2. The van der Waals surface area contributed by atoms with Crippen LogP contribution >= 0.6 is 0 Å². The minimum Gasteiger partial charge on any atom is -0.438 e. The molecule has 0 atom stereocenters. The molecule has 9 aromatic carbocycles. The lowest BCUT2D eigenvalue weighted by Crippen LogP contribution is -1.98. The molecule has 0 aliphatic carbocycles. The van der Waals surface area contributed by atoms with Gasteiger partial charge in [-0.3, -0.25) is 0 Å². The summed E-state index contributed by atoms with van der Waals surface area (Å²) in [7, 11) is 0. The minimum absolute atomic E-state index is 0.582. The van der Waals surface area contributed by atoms with E-state index in [1.165, 1.54) is 48.7 Å². The average Bonchev–Trinajstić information content (AvgIpc) is 3.79. The molecule has 0 saturated heterocycles. The minimum atomic E-state index is 0.582. The predicted molar refractivity (Wildman–Crippen MR) is 225 cm³/mol. The molecule has 0 unspecified atom stereocenters. The number of aromatic nitrogens is 3. The van der Waals surface area contributed by atoms with E-state index in [1.54, 1.807) is 0 Å². The van der Waals surface area contributed by atoms with Crippen molar-refractivity contribution < 1.29 is 4.42 Å². The Hall–Kier alpha value is -7.30. The van der Waals surface area contributed by atoms with Crippen molar-refractivity contribution in [1.29, 1.82) is 0 Å². The summed E-state index contributed by atoms with van der Waals surface area (Å²) in [5.74, 6) is 0.631. The summed E-state index contributed by atoms with van der Waals surface area (Å²) in [6, 6.07) is 62.7. The third kappa shape index (κ3) is 4.13. The second kappa shape index (κ2) is 11.1. The molecule has 0 spiro atoms. The molecule has 0 radical (unpaired) electrons. The summed E-state index contributed by atoms with van der Waals surface area (Å²) in [5.41, 5.74) is 7.69. The highest BCUT2D eigenvalue weighted by Gasteiger charge is 2.22. The quantitative estimate of drug-likeness (QED) is 0.186. The fraction of sp³-hybridized carbons (Fsp3) is 0. The molecular formula is C50H29N3O. The molecule has 12 aromatic rings. The van der Waals surface area contributed by atoms with E-state index in [4.69, 9.17) is 14.4 Å². The fourth-order valence-corrected chi connectivity index (χ4v) is 8.77. The van der Waals surface area contributed by atoms with Crippen molar-refractivity contribution in [2.75, 3.05) is 0 Å². The highest BCUT2D eigenvalue weighted by molar-refractivity contribution is 6.29. The van der Waals surface area contributed by atoms with Crippen LogP contribution in [0.5, 0.6) is 0 Å². The maximum Gasteiger partial charge on any atom is 0.231 e. The predicted octanol–water partition coefficient (Wildman–Crippen LogP) is 13.4. The summed E-state index contributed by atoms with van der Waals surface area (Å²) in [6.45, 7) is 0. The molecule has 3 aromatic heterocycles. The molecule has 4 nitrogen and oxygen atoms in total. The Morgan fingerprint density at radius 2 is 0.981 bits per heavy atom. The van der Waals surface area contributed by atoms with Gasteiger partial charge in [0.1, 0.15) is 5.58 Å². The maximum absolute atomic E-state index is 6.47. The van der Waals surface area contributed by atoms with Gasteiger partial charge in [-0.1, -0.05) is 140 Å². The van der Waals surface area contributed by atoms with E-state index in [2.05, 4.69) is 162 Å². The van der Waals surface area contributed by atoms with Crippen molar-refractivity contribution in [2.24, 2.45) is 0 Å². The zero-order valence-corrected chi connectivity index (χ0v) is 29.0. The van der Waals surface area contributed by atoms with Gasteiger partial charge in [0.15, 0.2) is 5.82 Å². The summed E-state index contributed by atoms with van der Waals surface area (Å²) in [6.07, 6.45) is 0. The molecule has 54 heavy (non-hydrogen) atoms. The number of para-hydroxylation sites is 1. The van der Waals surface area contributed by atoms with E-state index in [-0.39, 0.29) is 0 Å². The van der Waals surface area contributed by atoms with Gasteiger partial charge in [0.05, 0.1) is 27.8 Å². The number of nitrogens with zero attached hydrogens (tertiary/aromatic N) is 3. The van der Waals surface area contributed by atoms with E-state index < -0.39 is 0 Å². The van der Waals surface area contributed by atoms with Crippen molar-refractivity contribution >= 4 is 87.0 Å². The summed E-state index contributed by atoms with van der Waals surface area (Å²) in [5, 5.41) is 14.0. The van der Waals surface area contributed by atoms with Crippen LogP contribution in [0.1, 0.15) is 0 Å². The van der Waals surface area contributed by atoms with Crippen LogP contribution in [-0.4, -0.2) is 14.5 Å². The Morgan fingerprint density at radius 1 is 0.407 bits per heavy atom. The largest absolute Gasteiger partial charge is 0.438 e. The van der Waals surface area contributed by atoms with Crippen LogP contribution in [0.2, 0.25) is 0 Å². The van der Waals surface area contributed by atoms with Gasteiger partial charge in [0, 0.05) is 32.7 Å². The van der Waals surface area contributed by atoms with Gasteiger partial charge in [-0.05, 0) is 74.1 Å². The number of furan rings is 1. The lowest BCUT2D eigenvalue weighted by Gasteiger charge is -2.15. The maximum atomic E-state index is 6.47. The molecular weight excluding hydrogens is 659 g/mol. The van der Waals surface area contributed by atoms with Gasteiger partial charge < -0.3 is 8.98 Å². The molecule has 0 N–H and O–H groups in total. The zero-order valence-electron chi connectivity index (χ0n) is 29.0. The first-order valence-electron chi connectivity index (χ1n) is 18.3. The van der Waals surface area contributed by atoms with E-state index >= 15 is 0 Å². The number of hydrogen-bond acceptors (Lipinski definition) is 3. The van der Waals surface area contributed by atoms with Gasteiger partial charge in [-0.25, -0.2) is 4.98 Å². The van der Waals surface area contributed by atoms with Crippen LogP contribution in [0.3, 0.4) is 0 Å². The van der Waals surface area contributed by atoms with Crippen molar-refractivity contribution in [3.8, 4) is 28.3 Å². The van der Waals surface area contributed by atoms with Crippen molar-refractivity contribution in [3.05, 3.63) is 176 Å². The summed E-state index contributed by atoms with van der Waals surface area (Å²) < 4.78 is 8.91. The van der Waals surface area contributed by atoms with Gasteiger partial charge in [-0.2, -0.15) is 4.98 Å². The molecule has 0 fully saturated rings. The van der Waals surface area contributed by atoms with Gasteiger partial charge in [0.2, 0.25) is 5.71 Å². The molecule has 4 heteroatoms. The van der Waals surface area contributed by atoms with Gasteiger partial charge >= 0.3 is 0 Å². The monoisotopic (exact) mass is 687 g/mol. The summed E-state index contributed by atoms with van der Waals surface area (Å²) >= 11 is 0. The Balaban J connectivity index is 1.15. The van der Waals surface area contributed by atoms with Crippen LogP contribution in [0.15, 0.2) is 180 Å². The number of rotatable bonds is 3. The van der Waals surface area contributed by atoms with Crippen LogP contribution in [0.4, 0.5) is 0 Å². The van der Waals surface area contributed by atoms with Gasteiger partial charge in [-0.15, -0.1) is 0 Å². The third-order valence-electron chi connectivity index (χ3n) is 11.2. The van der Waals surface area contributed by atoms with E-state index in [0.717, 1.165) is 55.0 Å². The Morgan fingerprint density at radius 3 is 1.70 bits per heavy atom. The molecule has 0 bridgehead atoms. The molecule has 0 aliphatic heterocycles. The van der Waals surface area contributed by atoms with E-state index in [0.29, 0.717) is 11.5 Å². The van der Waals surface area contributed by atoms with Gasteiger partial charge in [0.25, 0.3) is 0 Å². The lowest BCUT2D eigenvalue weighted by atomic mass is 10.00. The van der Waals surface area contributed by atoms with E-state index in [9.17, 15) is 0 Å². The summed E-state index contributed by atoms with van der Waals surface area (Å²) in [4.78, 5) is 10.6. The molecule has 3 heterocycles. The standard InChI is InChI=1S/C50H29N3O/c1-2-14-33-29-34(22-21-30(33)11-1)48-47-40-19-9-10-20-44(40)54-50(47)52-49(51-48)39-25-28-41(38-18-8-7-17-37(38)39)53-42-26-23-31-12-3-5-15-35(31)45(42)46-36-16-6-4-13-32(36)24-27-43(46)53/h1-29H. The van der Waals surface area contributed by atoms with E-state index in [1.807, 2.05) is 18.2 Å². The normalized spacial score (nSPS) is 12.1. The van der Waals surface area contributed by atoms with Crippen LogP contribution in [0, 0.1) is 0 Å². The highest BCUT2D eigenvalue weighted by Crippen LogP contribution is 2.43. The molecule has 0 saturated carbocycles. The molecule has 0 aliphatic rings. The zero-order chi connectivity index (χ0) is 35.3. The van der Waals surface area contributed by atoms with Crippen molar-refractivity contribution in [1.82, 2.24) is 14.5 Å². The average molecular weight is 688 g/mol. The second-order valence-electron chi connectivity index (χ2n) is 14.1. The Kier molecular flexibility index (Phi) is 6.02. The number of hydrogen-bond donors (Lipinski definition) is 0. The van der Waals surface area contributed by atoms with Crippen molar-refractivity contribution in [2.45, 2.75) is 0 Å². The van der Waals surface area contributed by atoms with Crippen LogP contribution in [-0.2, 0) is 0 Å². The fourth-order valence-electron chi connectivity index (χ4n) is 8.77. The van der Waals surface area contributed by atoms with Crippen LogP contribution in [0.25, 0.3) is 115 Å². The molecule has 250 valence electrons. The van der Waals surface area contributed by atoms with Crippen LogP contribution < -0.4 is 0 Å². The second-order valence-corrected chi connectivity index (χ2v) is 14.1. The first-order chi connectivity index (χ1) is 26.8. The lowest BCUT2D eigenvalue weighted by molar-refractivity contribution is 0.653.